The number of benzene rings is 1. The van der Waals surface area contributed by atoms with Crippen molar-refractivity contribution < 1.29 is 14.5 Å². The Bertz CT molecular complexity index is 864. The molecule has 2 aromatic rings. The Balaban J connectivity index is 2.03. The molecule has 2 N–H and O–H groups in total. The van der Waals surface area contributed by atoms with Gasteiger partial charge in [-0.3, -0.25) is 35.3 Å². The Morgan fingerprint density at radius 3 is 2.62 bits per heavy atom. The number of hydrogen-bond donors (Lipinski definition) is 2. The summed E-state index contributed by atoms with van der Waals surface area (Å²) in [6.07, 6.45) is 1.41. The number of hydrazine groups is 1. The molecule has 0 bridgehead atoms. The van der Waals surface area contributed by atoms with Crippen molar-refractivity contribution in [1.29, 1.82) is 0 Å². The van der Waals surface area contributed by atoms with Crippen LogP contribution in [0, 0.1) is 10.1 Å². The number of aromatic nitrogens is 1. The van der Waals surface area contributed by atoms with Gasteiger partial charge in [0.2, 0.25) is 0 Å². The standard InChI is InChI=1S/C14H11ClN4O5/c15-9-4-5-10(11(7-9)19(23)24)14(22)17-16-12(20)8-18-6-2-1-3-13(18)21/h1-7H,8H2,(H,16,20)(H,17,22). The van der Waals surface area contributed by atoms with Gasteiger partial charge in [-0.2, -0.15) is 0 Å². The van der Waals surface area contributed by atoms with Crippen LogP contribution in [0.15, 0.2) is 47.4 Å². The summed E-state index contributed by atoms with van der Waals surface area (Å²) in [7, 11) is 0. The Hall–Kier alpha value is -3.20. The molecule has 0 saturated carbocycles. The zero-order chi connectivity index (χ0) is 17.7. The summed E-state index contributed by atoms with van der Waals surface area (Å²) in [5.74, 6) is -1.56. The molecule has 1 heterocycles. The number of carbonyl (C=O) groups excluding carboxylic acids is 2. The van der Waals surface area contributed by atoms with E-state index in [0.29, 0.717) is 0 Å². The molecular formula is C14H11ClN4O5. The molecule has 0 aliphatic rings. The average molecular weight is 351 g/mol. The fourth-order valence-corrected chi connectivity index (χ4v) is 1.99. The summed E-state index contributed by atoms with van der Waals surface area (Å²) < 4.78 is 1.13. The molecule has 1 aromatic carbocycles. The zero-order valence-electron chi connectivity index (χ0n) is 12.1. The highest BCUT2D eigenvalue weighted by molar-refractivity contribution is 6.31. The van der Waals surface area contributed by atoms with Crippen LogP contribution < -0.4 is 16.4 Å². The lowest BCUT2D eigenvalue weighted by Crippen LogP contribution is -2.44. The highest BCUT2D eigenvalue weighted by Gasteiger charge is 2.20. The van der Waals surface area contributed by atoms with Gasteiger partial charge in [0.15, 0.2) is 0 Å². The smallest absolute Gasteiger partial charge is 0.283 e. The van der Waals surface area contributed by atoms with E-state index in [-0.39, 0.29) is 22.7 Å². The Kier molecular flexibility index (Phi) is 5.27. The van der Waals surface area contributed by atoms with E-state index in [9.17, 15) is 24.5 Å². The van der Waals surface area contributed by atoms with Crippen LogP contribution in [-0.4, -0.2) is 21.3 Å². The molecule has 0 aliphatic heterocycles. The quantitative estimate of drug-likeness (QED) is 0.625. The van der Waals surface area contributed by atoms with Gasteiger partial charge in [-0.05, 0) is 18.2 Å². The van der Waals surface area contributed by atoms with E-state index in [1.54, 1.807) is 6.07 Å². The minimum Gasteiger partial charge on any atom is -0.306 e. The third kappa shape index (κ3) is 4.17. The van der Waals surface area contributed by atoms with Crippen LogP contribution in [0.5, 0.6) is 0 Å². The van der Waals surface area contributed by atoms with Gasteiger partial charge in [0.1, 0.15) is 12.1 Å². The fraction of sp³-hybridized carbons (Fsp3) is 0.0714. The molecule has 1 aromatic heterocycles. The lowest BCUT2D eigenvalue weighted by molar-refractivity contribution is -0.385. The predicted molar refractivity (Wildman–Crippen MR) is 84.4 cm³/mol. The highest BCUT2D eigenvalue weighted by atomic mass is 35.5. The van der Waals surface area contributed by atoms with Crippen molar-refractivity contribution in [3.8, 4) is 0 Å². The predicted octanol–water partition coefficient (Wildman–Crippen LogP) is 0.871. The van der Waals surface area contributed by atoms with Crippen LogP contribution in [0.2, 0.25) is 5.02 Å². The number of nitro groups is 1. The monoisotopic (exact) mass is 350 g/mol. The summed E-state index contributed by atoms with van der Waals surface area (Å²) in [5.41, 5.74) is 3.00. The Morgan fingerprint density at radius 2 is 1.96 bits per heavy atom. The topological polar surface area (TPSA) is 123 Å². The van der Waals surface area contributed by atoms with Crippen molar-refractivity contribution in [2.45, 2.75) is 6.54 Å². The van der Waals surface area contributed by atoms with Crippen molar-refractivity contribution in [3.05, 3.63) is 73.6 Å². The number of nitro benzene ring substituents is 1. The second-order valence-electron chi connectivity index (χ2n) is 4.59. The number of rotatable bonds is 4. The van der Waals surface area contributed by atoms with Crippen molar-refractivity contribution >= 4 is 29.1 Å². The van der Waals surface area contributed by atoms with E-state index in [1.807, 2.05) is 0 Å². The minimum absolute atomic E-state index is 0.103. The van der Waals surface area contributed by atoms with Crippen LogP contribution in [0.3, 0.4) is 0 Å². The minimum atomic E-state index is -0.882. The van der Waals surface area contributed by atoms with Gasteiger partial charge < -0.3 is 4.57 Å². The maximum Gasteiger partial charge on any atom is 0.283 e. The molecule has 0 fully saturated rings. The number of halogens is 1. The normalized spacial score (nSPS) is 10.0. The van der Waals surface area contributed by atoms with Crippen molar-refractivity contribution in [2.75, 3.05) is 0 Å². The summed E-state index contributed by atoms with van der Waals surface area (Å²) in [4.78, 5) is 45.3. The molecule has 0 saturated heterocycles. The number of nitrogens with one attached hydrogen (secondary N) is 2. The van der Waals surface area contributed by atoms with Gasteiger partial charge in [0, 0.05) is 23.4 Å². The molecule has 0 radical (unpaired) electrons. The molecule has 2 amide bonds. The fourth-order valence-electron chi connectivity index (χ4n) is 1.83. The highest BCUT2D eigenvalue weighted by Crippen LogP contribution is 2.22. The van der Waals surface area contributed by atoms with E-state index < -0.39 is 22.4 Å². The molecular weight excluding hydrogens is 340 g/mol. The van der Waals surface area contributed by atoms with Crippen LogP contribution >= 0.6 is 11.6 Å². The maximum atomic E-state index is 12.0. The van der Waals surface area contributed by atoms with Crippen molar-refractivity contribution in [3.63, 3.8) is 0 Å². The third-order valence-corrected chi connectivity index (χ3v) is 3.16. The first-order chi connectivity index (χ1) is 11.4. The van der Waals surface area contributed by atoms with Gasteiger partial charge in [-0.25, -0.2) is 0 Å². The van der Waals surface area contributed by atoms with Crippen LogP contribution in [0.25, 0.3) is 0 Å². The Labute approximate surface area is 140 Å². The second kappa shape index (κ2) is 7.38. The molecule has 124 valence electrons. The SMILES string of the molecule is O=C(Cn1ccccc1=O)NNC(=O)c1ccc(Cl)cc1[N+](=O)[O-]. The van der Waals surface area contributed by atoms with Crippen LogP contribution in [0.1, 0.15) is 10.4 Å². The maximum absolute atomic E-state index is 12.0. The number of nitrogens with zero attached hydrogens (tertiary/aromatic N) is 2. The van der Waals surface area contributed by atoms with Gasteiger partial charge in [-0.15, -0.1) is 0 Å². The molecule has 0 aliphatic carbocycles. The lowest BCUT2D eigenvalue weighted by Gasteiger charge is -2.09. The summed E-state index contributed by atoms with van der Waals surface area (Å²) in [6, 6.07) is 7.89. The van der Waals surface area contributed by atoms with Gasteiger partial charge in [-0.1, -0.05) is 17.7 Å². The molecule has 0 spiro atoms. The first kappa shape index (κ1) is 17.2. The first-order valence-electron chi connectivity index (χ1n) is 6.57. The first-order valence-corrected chi connectivity index (χ1v) is 6.95. The van der Waals surface area contributed by atoms with Crippen LogP contribution in [-0.2, 0) is 11.3 Å². The van der Waals surface area contributed by atoms with Gasteiger partial charge in [0.05, 0.1) is 4.92 Å². The lowest BCUT2D eigenvalue weighted by atomic mass is 10.2. The Morgan fingerprint density at radius 1 is 1.21 bits per heavy atom. The second-order valence-corrected chi connectivity index (χ2v) is 5.02. The van der Waals surface area contributed by atoms with E-state index in [2.05, 4.69) is 10.9 Å². The van der Waals surface area contributed by atoms with E-state index >= 15 is 0 Å². The molecule has 0 unspecified atom stereocenters. The number of pyridine rings is 1. The average Bonchev–Trinajstić information content (AvgIpc) is 2.54. The molecule has 0 atom stereocenters. The number of amides is 2. The van der Waals surface area contributed by atoms with E-state index in [4.69, 9.17) is 11.6 Å². The van der Waals surface area contributed by atoms with Crippen molar-refractivity contribution in [1.82, 2.24) is 15.4 Å². The molecule has 24 heavy (non-hydrogen) atoms. The number of carbonyl (C=O) groups is 2. The molecule has 9 nitrogen and oxygen atoms in total. The van der Waals surface area contributed by atoms with Gasteiger partial charge >= 0.3 is 0 Å². The van der Waals surface area contributed by atoms with Gasteiger partial charge in [0.25, 0.3) is 23.1 Å². The molecule has 2 rings (SSSR count). The third-order valence-electron chi connectivity index (χ3n) is 2.93. The van der Waals surface area contributed by atoms with E-state index in [0.717, 1.165) is 10.6 Å². The molecule has 10 heteroatoms. The number of hydrogen-bond acceptors (Lipinski definition) is 5. The van der Waals surface area contributed by atoms with Crippen molar-refractivity contribution in [2.24, 2.45) is 0 Å². The van der Waals surface area contributed by atoms with Crippen LogP contribution in [0.4, 0.5) is 5.69 Å². The zero-order valence-corrected chi connectivity index (χ0v) is 12.8. The summed E-state index contributed by atoms with van der Waals surface area (Å²) >= 11 is 5.66. The summed E-state index contributed by atoms with van der Waals surface area (Å²) in [5, 5.41) is 11.0. The summed E-state index contributed by atoms with van der Waals surface area (Å²) in [6.45, 7) is -0.317. The van der Waals surface area contributed by atoms with E-state index in [1.165, 1.54) is 30.5 Å². The largest absolute Gasteiger partial charge is 0.306 e.